The van der Waals surface area contributed by atoms with Gasteiger partial charge in [-0.25, -0.2) is 4.79 Å². The topological polar surface area (TPSA) is 67.4 Å². The fraction of sp³-hybridized carbons (Fsp3) is 0.360. The van der Waals surface area contributed by atoms with Crippen molar-refractivity contribution in [2.75, 3.05) is 18.5 Å². The quantitative estimate of drug-likeness (QED) is 0.261. The molecular weight excluding hydrogens is 490 g/mol. The number of nitrogens with one attached hydrogen (secondary N) is 2. The molecule has 0 saturated carbocycles. The van der Waals surface area contributed by atoms with Crippen LogP contribution < -0.4 is 10.6 Å². The first-order chi connectivity index (χ1) is 16.9. The number of hydrogen-bond donors (Lipinski definition) is 2. The maximum Gasteiger partial charge on any atom is 0.416 e. The number of anilines is 1. The van der Waals surface area contributed by atoms with E-state index in [9.17, 15) is 35.9 Å². The minimum absolute atomic E-state index is 0.00675. The second-order valence-corrected chi connectivity index (χ2v) is 8.18. The van der Waals surface area contributed by atoms with Crippen molar-refractivity contribution in [1.82, 2.24) is 5.32 Å². The number of esters is 1. The van der Waals surface area contributed by atoms with Gasteiger partial charge in [0.2, 0.25) is 5.91 Å². The number of amides is 1. The van der Waals surface area contributed by atoms with Crippen molar-refractivity contribution < 1.29 is 40.7 Å². The maximum atomic E-state index is 13.0. The van der Waals surface area contributed by atoms with Crippen LogP contribution in [-0.4, -0.2) is 25.0 Å². The number of fused-ring (bicyclic) bond motifs is 1. The lowest BCUT2D eigenvalue weighted by Gasteiger charge is -2.16. The van der Waals surface area contributed by atoms with Crippen LogP contribution in [0.3, 0.4) is 0 Å². The third-order valence-corrected chi connectivity index (χ3v) is 5.56. The standard InChI is InChI=1S/C25H24F6N2O3/c1-2-36-23(35)8-4-15-3-6-20-16(11-15)5-7-21(20)32-10-9-22(34)33-19-13-17(24(26,27)28)12-18(14-19)25(29,30)31/h3-4,6,8,11-14,21,32H,2,5,7,9-10H2,1H3,(H,33,34)/b8-4+. The monoisotopic (exact) mass is 514 g/mol. The summed E-state index contributed by atoms with van der Waals surface area (Å²) in [7, 11) is 0. The lowest BCUT2D eigenvalue weighted by atomic mass is 10.0. The number of aryl methyl sites for hydroxylation is 1. The van der Waals surface area contributed by atoms with Crippen LogP contribution in [0.5, 0.6) is 0 Å². The van der Waals surface area contributed by atoms with Gasteiger partial charge in [0.15, 0.2) is 0 Å². The molecule has 0 spiro atoms. The van der Waals surface area contributed by atoms with Gasteiger partial charge in [0, 0.05) is 30.8 Å². The lowest BCUT2D eigenvalue weighted by molar-refractivity contribution is -0.143. The SMILES string of the molecule is CCOC(=O)/C=C/c1ccc2c(c1)CCC2NCCC(=O)Nc1cc(C(F)(F)F)cc(C(F)(F)F)c1. The molecule has 11 heteroatoms. The van der Waals surface area contributed by atoms with Gasteiger partial charge in [-0.3, -0.25) is 4.79 Å². The van der Waals surface area contributed by atoms with Gasteiger partial charge in [-0.2, -0.15) is 26.3 Å². The summed E-state index contributed by atoms with van der Waals surface area (Å²) >= 11 is 0. The van der Waals surface area contributed by atoms with E-state index < -0.39 is 41.0 Å². The van der Waals surface area contributed by atoms with Crippen LogP contribution in [0.1, 0.15) is 53.6 Å². The summed E-state index contributed by atoms with van der Waals surface area (Å²) in [5.74, 6) is -1.15. The van der Waals surface area contributed by atoms with Crippen LogP contribution in [-0.2, 0) is 33.1 Å². The van der Waals surface area contributed by atoms with E-state index in [0.717, 1.165) is 29.5 Å². The Hall–Kier alpha value is -3.34. The highest BCUT2D eigenvalue weighted by Crippen LogP contribution is 2.37. The molecule has 1 aliphatic rings. The van der Waals surface area contributed by atoms with Crippen molar-refractivity contribution in [3.8, 4) is 0 Å². The summed E-state index contributed by atoms with van der Waals surface area (Å²) in [6.07, 6.45) is -5.61. The van der Waals surface area contributed by atoms with E-state index in [2.05, 4.69) is 10.6 Å². The minimum atomic E-state index is -4.99. The Bertz CT molecular complexity index is 1110. The van der Waals surface area contributed by atoms with Gasteiger partial charge in [-0.05, 0) is 60.7 Å². The molecule has 2 aromatic rings. The molecule has 1 aliphatic carbocycles. The number of ether oxygens (including phenoxy) is 1. The Kier molecular flexibility index (Phi) is 8.44. The van der Waals surface area contributed by atoms with Crippen LogP contribution in [0.15, 0.2) is 42.5 Å². The first-order valence-corrected chi connectivity index (χ1v) is 11.2. The van der Waals surface area contributed by atoms with Crippen molar-refractivity contribution in [3.05, 3.63) is 70.3 Å². The van der Waals surface area contributed by atoms with Gasteiger partial charge in [-0.15, -0.1) is 0 Å². The van der Waals surface area contributed by atoms with Crippen molar-refractivity contribution in [3.63, 3.8) is 0 Å². The predicted molar refractivity (Wildman–Crippen MR) is 121 cm³/mol. The first kappa shape index (κ1) is 27.3. The predicted octanol–water partition coefficient (Wildman–Crippen LogP) is 5.91. The summed E-state index contributed by atoms with van der Waals surface area (Å²) in [5.41, 5.74) is -0.629. The van der Waals surface area contributed by atoms with Crippen molar-refractivity contribution >= 4 is 23.6 Å². The molecule has 3 rings (SSSR count). The molecule has 5 nitrogen and oxygen atoms in total. The number of rotatable bonds is 8. The lowest BCUT2D eigenvalue weighted by Crippen LogP contribution is -2.25. The molecule has 1 unspecified atom stereocenters. The van der Waals surface area contributed by atoms with Crippen LogP contribution >= 0.6 is 0 Å². The number of carbonyl (C=O) groups is 2. The number of benzene rings is 2. The summed E-state index contributed by atoms with van der Waals surface area (Å²) in [5, 5.41) is 5.33. The van der Waals surface area contributed by atoms with E-state index in [4.69, 9.17) is 4.74 Å². The van der Waals surface area contributed by atoms with E-state index in [0.29, 0.717) is 12.1 Å². The zero-order valence-electron chi connectivity index (χ0n) is 19.2. The summed E-state index contributed by atoms with van der Waals surface area (Å²) < 4.78 is 82.8. The van der Waals surface area contributed by atoms with E-state index in [-0.39, 0.29) is 31.7 Å². The molecule has 0 bridgehead atoms. The minimum Gasteiger partial charge on any atom is -0.463 e. The number of alkyl halides is 6. The molecule has 0 heterocycles. The van der Waals surface area contributed by atoms with E-state index in [1.165, 1.54) is 6.08 Å². The van der Waals surface area contributed by atoms with E-state index in [1.807, 2.05) is 18.2 Å². The fourth-order valence-corrected chi connectivity index (χ4v) is 3.92. The second kappa shape index (κ2) is 11.2. The van der Waals surface area contributed by atoms with Crippen molar-refractivity contribution in [2.24, 2.45) is 0 Å². The first-order valence-electron chi connectivity index (χ1n) is 11.2. The van der Waals surface area contributed by atoms with E-state index in [1.54, 1.807) is 13.0 Å². The summed E-state index contributed by atoms with van der Waals surface area (Å²) in [6, 6.07) is 6.60. The average molecular weight is 514 g/mol. The Balaban J connectivity index is 1.57. The normalized spacial score (nSPS) is 15.7. The van der Waals surface area contributed by atoms with Crippen molar-refractivity contribution in [2.45, 2.75) is 44.6 Å². The van der Waals surface area contributed by atoms with Crippen LogP contribution in [0, 0.1) is 0 Å². The second-order valence-electron chi connectivity index (χ2n) is 8.18. The summed E-state index contributed by atoms with van der Waals surface area (Å²) in [6.45, 7) is 2.17. The molecule has 2 aromatic carbocycles. The molecule has 0 aromatic heterocycles. The maximum absolute atomic E-state index is 13.0. The Morgan fingerprint density at radius 3 is 2.31 bits per heavy atom. The molecule has 0 fully saturated rings. The molecule has 194 valence electrons. The number of hydrogen-bond acceptors (Lipinski definition) is 4. The molecule has 36 heavy (non-hydrogen) atoms. The largest absolute Gasteiger partial charge is 0.463 e. The summed E-state index contributed by atoms with van der Waals surface area (Å²) in [4.78, 5) is 23.7. The molecule has 2 N–H and O–H groups in total. The average Bonchev–Trinajstić information content (AvgIpc) is 3.19. The number of carbonyl (C=O) groups excluding carboxylic acids is 2. The van der Waals surface area contributed by atoms with Gasteiger partial charge in [0.05, 0.1) is 17.7 Å². The van der Waals surface area contributed by atoms with Crippen LogP contribution in [0.25, 0.3) is 6.08 Å². The zero-order chi connectivity index (χ0) is 26.5. The Labute approximate surface area is 203 Å². The third-order valence-electron chi connectivity index (χ3n) is 5.56. The van der Waals surface area contributed by atoms with Crippen LogP contribution in [0.4, 0.5) is 32.0 Å². The Morgan fingerprint density at radius 1 is 1.03 bits per heavy atom. The Morgan fingerprint density at radius 2 is 1.69 bits per heavy atom. The molecule has 0 saturated heterocycles. The third kappa shape index (κ3) is 7.33. The highest BCUT2D eigenvalue weighted by atomic mass is 19.4. The van der Waals surface area contributed by atoms with Crippen LogP contribution in [0.2, 0.25) is 0 Å². The smallest absolute Gasteiger partial charge is 0.416 e. The zero-order valence-corrected chi connectivity index (χ0v) is 19.2. The van der Waals surface area contributed by atoms with E-state index >= 15 is 0 Å². The molecule has 0 radical (unpaired) electrons. The molecular formula is C25H24F6N2O3. The van der Waals surface area contributed by atoms with Gasteiger partial charge in [-0.1, -0.05) is 18.2 Å². The highest BCUT2D eigenvalue weighted by Gasteiger charge is 2.37. The van der Waals surface area contributed by atoms with Gasteiger partial charge in [0.25, 0.3) is 0 Å². The molecule has 1 atom stereocenters. The van der Waals surface area contributed by atoms with Crippen molar-refractivity contribution in [1.29, 1.82) is 0 Å². The van der Waals surface area contributed by atoms with Gasteiger partial charge in [0.1, 0.15) is 0 Å². The molecule has 1 amide bonds. The molecule has 0 aliphatic heterocycles. The number of halogens is 6. The fourth-order valence-electron chi connectivity index (χ4n) is 3.92. The van der Waals surface area contributed by atoms with Gasteiger partial charge < -0.3 is 15.4 Å². The van der Waals surface area contributed by atoms with Gasteiger partial charge >= 0.3 is 18.3 Å². The highest BCUT2D eigenvalue weighted by molar-refractivity contribution is 5.91.